The van der Waals surface area contributed by atoms with Gasteiger partial charge in [0.05, 0.1) is 17.8 Å². The minimum absolute atomic E-state index is 0.0336. The Bertz CT molecular complexity index is 876. The quantitative estimate of drug-likeness (QED) is 0.792. The summed E-state index contributed by atoms with van der Waals surface area (Å²) in [4.78, 5) is 34.7. The lowest BCUT2D eigenvalue weighted by Gasteiger charge is -2.31. The summed E-state index contributed by atoms with van der Waals surface area (Å²) in [5, 5.41) is 0. The molecule has 2 heterocycles. The molecule has 6 heteroatoms. The number of aromatic nitrogens is 2. The third-order valence-corrected chi connectivity index (χ3v) is 5.46. The summed E-state index contributed by atoms with van der Waals surface area (Å²) in [6.45, 7) is 5.10. The van der Waals surface area contributed by atoms with Gasteiger partial charge in [0.25, 0.3) is 5.56 Å². The van der Waals surface area contributed by atoms with Gasteiger partial charge in [-0.2, -0.15) is 0 Å². The van der Waals surface area contributed by atoms with Gasteiger partial charge < -0.3 is 9.88 Å². The Morgan fingerprint density at radius 2 is 2.04 bits per heavy atom. The minimum atomic E-state index is -0.287. The average molecular weight is 385 g/mol. The van der Waals surface area contributed by atoms with Crippen LogP contribution in [0.3, 0.4) is 0 Å². The highest BCUT2D eigenvalue weighted by molar-refractivity contribution is 5.79. The number of hydrogen-bond donors (Lipinski definition) is 1. The number of unbranched alkanes of at least 4 members (excludes halogenated alkanes) is 1. The zero-order valence-corrected chi connectivity index (χ0v) is 16.6. The van der Waals surface area contributed by atoms with Crippen molar-refractivity contribution >= 4 is 5.91 Å². The average Bonchev–Trinajstić information content (AvgIpc) is 2.70. The van der Waals surface area contributed by atoms with E-state index < -0.39 is 0 Å². The topological polar surface area (TPSA) is 66.1 Å². The molecule has 0 aliphatic carbocycles. The molecule has 0 saturated carbocycles. The van der Waals surface area contributed by atoms with E-state index in [2.05, 4.69) is 16.9 Å². The summed E-state index contributed by atoms with van der Waals surface area (Å²) in [6.07, 6.45) is 4.89. The second-order valence-electron chi connectivity index (χ2n) is 7.50. The van der Waals surface area contributed by atoms with Crippen molar-refractivity contribution in [1.82, 2.24) is 14.9 Å². The summed E-state index contributed by atoms with van der Waals surface area (Å²) >= 11 is 0. The number of nitrogens with one attached hydrogen (secondary N) is 1. The highest BCUT2D eigenvalue weighted by Crippen LogP contribution is 2.21. The summed E-state index contributed by atoms with van der Waals surface area (Å²) < 4.78 is 13.1. The number of carbonyl (C=O) groups is 1. The van der Waals surface area contributed by atoms with E-state index in [0.717, 1.165) is 36.9 Å². The van der Waals surface area contributed by atoms with Crippen molar-refractivity contribution in [2.24, 2.45) is 5.92 Å². The van der Waals surface area contributed by atoms with E-state index in [1.807, 2.05) is 11.8 Å². The Hall–Kier alpha value is -2.50. The highest BCUT2D eigenvalue weighted by Gasteiger charge is 2.28. The predicted molar refractivity (Wildman–Crippen MR) is 106 cm³/mol. The van der Waals surface area contributed by atoms with Gasteiger partial charge in [-0.25, -0.2) is 9.37 Å². The summed E-state index contributed by atoms with van der Waals surface area (Å²) in [7, 11) is 0. The molecule has 1 atom stereocenters. The molecular formula is C22H28FN3O2. The van der Waals surface area contributed by atoms with Gasteiger partial charge in [-0.15, -0.1) is 0 Å². The van der Waals surface area contributed by atoms with Crippen LogP contribution in [0.4, 0.5) is 4.39 Å². The smallest absolute Gasteiger partial charge is 0.256 e. The van der Waals surface area contributed by atoms with E-state index in [0.29, 0.717) is 37.3 Å². The van der Waals surface area contributed by atoms with Gasteiger partial charge in [0.2, 0.25) is 5.91 Å². The van der Waals surface area contributed by atoms with Crippen LogP contribution in [-0.4, -0.2) is 27.3 Å². The standard InChI is InChI=1S/C22H28FN3O2/c1-3-5-6-16(4-2)22(28)26-12-11-19-18(14-26)21(27)25-20(24-19)13-15-7-9-17(23)10-8-15/h7-10,16H,3-6,11-14H2,1-2H3,(H,24,25,27)/t16-/m0/s1. The zero-order chi connectivity index (χ0) is 20.1. The molecule has 1 aliphatic heterocycles. The van der Waals surface area contributed by atoms with E-state index >= 15 is 0 Å². The Kier molecular flexibility index (Phi) is 6.60. The van der Waals surface area contributed by atoms with Crippen LogP contribution < -0.4 is 5.56 Å². The lowest BCUT2D eigenvalue weighted by Crippen LogP contribution is -2.42. The van der Waals surface area contributed by atoms with Crippen molar-refractivity contribution in [2.75, 3.05) is 6.54 Å². The van der Waals surface area contributed by atoms with Gasteiger partial charge in [-0.1, -0.05) is 38.8 Å². The third-order valence-electron chi connectivity index (χ3n) is 5.46. The number of hydrogen-bond acceptors (Lipinski definition) is 3. The molecule has 0 spiro atoms. The van der Waals surface area contributed by atoms with Crippen molar-refractivity contribution in [3.8, 4) is 0 Å². The van der Waals surface area contributed by atoms with Crippen molar-refractivity contribution in [1.29, 1.82) is 0 Å². The van der Waals surface area contributed by atoms with Gasteiger partial charge in [0, 0.05) is 25.3 Å². The summed E-state index contributed by atoms with van der Waals surface area (Å²) in [5.41, 5.74) is 2.07. The monoisotopic (exact) mass is 385 g/mol. The van der Waals surface area contributed by atoms with Crippen LogP contribution >= 0.6 is 0 Å². The van der Waals surface area contributed by atoms with Crippen LogP contribution in [0.25, 0.3) is 0 Å². The van der Waals surface area contributed by atoms with Crippen molar-refractivity contribution in [2.45, 2.75) is 58.9 Å². The second-order valence-corrected chi connectivity index (χ2v) is 7.50. The molecule has 0 radical (unpaired) electrons. The van der Waals surface area contributed by atoms with Crippen molar-refractivity contribution in [3.05, 3.63) is 63.1 Å². The zero-order valence-electron chi connectivity index (χ0n) is 16.6. The molecule has 0 fully saturated rings. The number of nitrogens with zero attached hydrogens (tertiary/aromatic N) is 2. The van der Waals surface area contributed by atoms with Crippen LogP contribution in [0.5, 0.6) is 0 Å². The highest BCUT2D eigenvalue weighted by atomic mass is 19.1. The maximum atomic E-state index is 13.1. The first-order valence-electron chi connectivity index (χ1n) is 10.2. The molecule has 28 heavy (non-hydrogen) atoms. The Labute approximate surface area is 165 Å². The van der Waals surface area contributed by atoms with Crippen molar-refractivity contribution in [3.63, 3.8) is 0 Å². The molecule has 0 saturated heterocycles. The normalized spacial score (nSPS) is 14.6. The van der Waals surface area contributed by atoms with E-state index in [1.165, 1.54) is 12.1 Å². The first-order valence-corrected chi connectivity index (χ1v) is 10.2. The fourth-order valence-electron chi connectivity index (χ4n) is 3.75. The fraction of sp³-hybridized carbons (Fsp3) is 0.500. The van der Waals surface area contributed by atoms with Gasteiger partial charge in [0.15, 0.2) is 0 Å². The molecule has 0 bridgehead atoms. The maximum Gasteiger partial charge on any atom is 0.256 e. The fourth-order valence-corrected chi connectivity index (χ4v) is 3.75. The first kappa shape index (κ1) is 20.2. The van der Waals surface area contributed by atoms with Crippen LogP contribution in [0.15, 0.2) is 29.1 Å². The minimum Gasteiger partial charge on any atom is -0.337 e. The molecule has 1 aliphatic rings. The number of amides is 1. The van der Waals surface area contributed by atoms with Crippen LogP contribution in [0, 0.1) is 11.7 Å². The van der Waals surface area contributed by atoms with Gasteiger partial charge in [0.1, 0.15) is 11.6 Å². The molecule has 1 amide bonds. The molecular weight excluding hydrogens is 357 g/mol. The molecule has 3 rings (SSSR count). The molecule has 1 aromatic carbocycles. The molecule has 150 valence electrons. The molecule has 1 N–H and O–H groups in total. The van der Waals surface area contributed by atoms with E-state index in [9.17, 15) is 14.0 Å². The number of aromatic amines is 1. The maximum absolute atomic E-state index is 13.1. The number of benzene rings is 1. The van der Waals surface area contributed by atoms with Crippen molar-refractivity contribution < 1.29 is 9.18 Å². The summed E-state index contributed by atoms with van der Waals surface area (Å²) in [5.74, 6) is 0.469. The molecule has 1 aromatic heterocycles. The molecule has 0 unspecified atom stereocenters. The van der Waals surface area contributed by atoms with Gasteiger partial charge in [-0.05, 0) is 30.5 Å². The third kappa shape index (κ3) is 4.66. The van der Waals surface area contributed by atoms with Crippen LogP contribution in [-0.2, 0) is 24.2 Å². The number of H-pyrrole nitrogens is 1. The number of fused-ring (bicyclic) bond motifs is 1. The lowest BCUT2D eigenvalue weighted by atomic mass is 9.96. The first-order chi connectivity index (χ1) is 13.5. The largest absolute Gasteiger partial charge is 0.337 e. The van der Waals surface area contributed by atoms with E-state index in [-0.39, 0.29) is 23.2 Å². The molecule has 2 aromatic rings. The number of carbonyl (C=O) groups excluding carboxylic acids is 1. The molecule has 5 nitrogen and oxygen atoms in total. The lowest BCUT2D eigenvalue weighted by molar-refractivity contribution is -0.136. The SMILES string of the molecule is CCCC[C@H](CC)C(=O)N1CCc2nc(Cc3ccc(F)cc3)[nH]c(=O)c2C1. The Balaban J connectivity index is 1.74. The Morgan fingerprint density at radius 3 is 2.71 bits per heavy atom. The van der Waals surface area contributed by atoms with E-state index in [4.69, 9.17) is 0 Å². The number of halogens is 1. The summed E-state index contributed by atoms with van der Waals surface area (Å²) in [6, 6.07) is 6.18. The predicted octanol–water partition coefficient (Wildman–Crippen LogP) is 3.60. The van der Waals surface area contributed by atoms with Crippen LogP contribution in [0.2, 0.25) is 0 Å². The number of rotatable bonds is 7. The Morgan fingerprint density at radius 1 is 1.29 bits per heavy atom. The van der Waals surface area contributed by atoms with Gasteiger partial charge in [-0.3, -0.25) is 9.59 Å². The van der Waals surface area contributed by atoms with E-state index in [1.54, 1.807) is 12.1 Å². The van der Waals surface area contributed by atoms with Gasteiger partial charge >= 0.3 is 0 Å². The van der Waals surface area contributed by atoms with Crippen LogP contribution in [0.1, 0.15) is 62.2 Å². The second kappa shape index (κ2) is 9.13.